The van der Waals surface area contributed by atoms with Gasteiger partial charge in [0.15, 0.2) is 11.5 Å². The number of nitrogens with two attached hydrogens (primary N) is 1. The number of rotatable bonds is 3. The zero-order chi connectivity index (χ0) is 17.0. The topological polar surface area (TPSA) is 83.0 Å². The number of aromatic nitrogens is 3. The van der Waals surface area contributed by atoms with Gasteiger partial charge >= 0.3 is 0 Å². The number of amides is 1. The van der Waals surface area contributed by atoms with Crippen molar-refractivity contribution in [3.05, 3.63) is 47.8 Å². The molecule has 1 aromatic carbocycles. The first kappa shape index (κ1) is 16.5. The van der Waals surface area contributed by atoms with Gasteiger partial charge in [-0.2, -0.15) is 5.10 Å². The van der Waals surface area contributed by atoms with E-state index < -0.39 is 5.91 Å². The quantitative estimate of drug-likeness (QED) is 0.806. The van der Waals surface area contributed by atoms with E-state index in [4.69, 9.17) is 10.5 Å². The number of aryl methyl sites for hydroxylation is 1. The van der Waals surface area contributed by atoms with Gasteiger partial charge < -0.3 is 10.5 Å². The number of hydrogen-bond donors (Lipinski definition) is 1. The second-order valence-corrected chi connectivity index (χ2v) is 4.70. The van der Waals surface area contributed by atoms with Crippen molar-refractivity contribution in [3.8, 4) is 11.6 Å². The third kappa shape index (κ3) is 3.15. The Kier molecular flexibility index (Phi) is 4.95. The van der Waals surface area contributed by atoms with E-state index in [-0.39, 0.29) is 5.69 Å². The number of carbonyl (C=O) groups is 1. The van der Waals surface area contributed by atoms with Crippen molar-refractivity contribution in [2.45, 2.75) is 20.8 Å². The van der Waals surface area contributed by atoms with Crippen molar-refractivity contribution >= 4 is 16.8 Å². The fraction of sp³-hybridized carbons (Fsp3) is 0.235. The summed E-state index contributed by atoms with van der Waals surface area (Å²) in [5.74, 6) is 0.694. The maximum Gasteiger partial charge on any atom is 0.269 e. The van der Waals surface area contributed by atoms with Crippen LogP contribution in [0.4, 0.5) is 0 Å². The predicted molar refractivity (Wildman–Crippen MR) is 90.0 cm³/mol. The van der Waals surface area contributed by atoms with Crippen molar-refractivity contribution in [2.75, 3.05) is 7.11 Å². The Morgan fingerprint density at radius 1 is 1.22 bits per heavy atom. The zero-order valence-electron chi connectivity index (χ0n) is 13.7. The lowest BCUT2D eigenvalue weighted by molar-refractivity contribution is 0.0996. The highest BCUT2D eigenvalue weighted by molar-refractivity contribution is 6.04. The van der Waals surface area contributed by atoms with Crippen LogP contribution in [0.1, 0.15) is 29.9 Å². The number of ether oxygens (including phenoxy) is 1. The summed E-state index contributed by atoms with van der Waals surface area (Å²) in [7, 11) is 1.57. The van der Waals surface area contributed by atoms with Crippen molar-refractivity contribution in [2.24, 2.45) is 5.73 Å². The highest BCUT2D eigenvalue weighted by Crippen LogP contribution is 2.25. The van der Waals surface area contributed by atoms with E-state index in [1.54, 1.807) is 30.1 Å². The lowest BCUT2D eigenvalue weighted by Crippen LogP contribution is -2.12. The zero-order valence-corrected chi connectivity index (χ0v) is 13.7. The van der Waals surface area contributed by atoms with Gasteiger partial charge in [0.25, 0.3) is 5.91 Å². The SMILES string of the molecule is CC.COc1ccc2c(c1)c(C(N)=O)nn2-c1cc(C)ccn1. The van der Waals surface area contributed by atoms with Crippen LogP contribution < -0.4 is 10.5 Å². The summed E-state index contributed by atoms with van der Waals surface area (Å²) in [6, 6.07) is 9.17. The first-order chi connectivity index (χ1) is 11.1. The molecule has 0 spiro atoms. The van der Waals surface area contributed by atoms with E-state index in [9.17, 15) is 4.79 Å². The molecule has 0 bridgehead atoms. The fourth-order valence-corrected chi connectivity index (χ4v) is 2.22. The van der Waals surface area contributed by atoms with Crippen molar-refractivity contribution in [3.63, 3.8) is 0 Å². The van der Waals surface area contributed by atoms with Crippen LogP contribution in [0, 0.1) is 6.92 Å². The predicted octanol–water partition coefficient (Wildman–Crippen LogP) is 2.86. The van der Waals surface area contributed by atoms with E-state index in [0.717, 1.165) is 11.1 Å². The van der Waals surface area contributed by atoms with Gasteiger partial charge in [0.05, 0.1) is 12.6 Å². The summed E-state index contributed by atoms with van der Waals surface area (Å²) in [5, 5.41) is 4.94. The molecule has 0 aliphatic heterocycles. The number of pyridine rings is 1. The molecule has 0 atom stereocenters. The first-order valence-corrected chi connectivity index (χ1v) is 7.40. The number of fused-ring (bicyclic) bond motifs is 1. The molecule has 3 rings (SSSR count). The molecule has 0 aliphatic rings. The van der Waals surface area contributed by atoms with Crippen molar-refractivity contribution in [1.29, 1.82) is 0 Å². The van der Waals surface area contributed by atoms with Gasteiger partial charge in [0.2, 0.25) is 0 Å². The second-order valence-electron chi connectivity index (χ2n) is 4.70. The minimum absolute atomic E-state index is 0.201. The average molecular weight is 312 g/mol. The lowest BCUT2D eigenvalue weighted by atomic mass is 10.2. The maximum absolute atomic E-state index is 11.6. The molecule has 23 heavy (non-hydrogen) atoms. The van der Waals surface area contributed by atoms with Gasteiger partial charge in [-0.3, -0.25) is 4.79 Å². The second kappa shape index (κ2) is 6.91. The summed E-state index contributed by atoms with van der Waals surface area (Å²) in [5.41, 5.74) is 7.42. The monoisotopic (exact) mass is 312 g/mol. The molecule has 0 saturated carbocycles. The molecule has 3 aromatic rings. The lowest BCUT2D eigenvalue weighted by Gasteiger charge is -2.04. The van der Waals surface area contributed by atoms with Crippen LogP contribution in [0.5, 0.6) is 5.75 Å². The Balaban J connectivity index is 0.000000924. The Morgan fingerprint density at radius 3 is 2.57 bits per heavy atom. The Labute approximate surface area is 134 Å². The number of nitrogens with zero attached hydrogens (tertiary/aromatic N) is 3. The van der Waals surface area contributed by atoms with Crippen LogP contribution in [0.2, 0.25) is 0 Å². The third-order valence-electron chi connectivity index (χ3n) is 3.24. The minimum atomic E-state index is -0.584. The largest absolute Gasteiger partial charge is 0.497 e. The van der Waals surface area contributed by atoms with Crippen LogP contribution in [-0.2, 0) is 0 Å². The van der Waals surface area contributed by atoms with Gasteiger partial charge in [-0.15, -0.1) is 0 Å². The number of methoxy groups -OCH3 is 1. The summed E-state index contributed by atoms with van der Waals surface area (Å²) >= 11 is 0. The van der Waals surface area contributed by atoms with Crippen LogP contribution in [0.3, 0.4) is 0 Å². The average Bonchev–Trinajstić information content (AvgIpc) is 2.95. The van der Waals surface area contributed by atoms with Crippen LogP contribution >= 0.6 is 0 Å². The standard InChI is InChI=1S/C15H14N4O2.C2H6/c1-9-5-6-17-13(7-9)19-12-4-3-10(21-2)8-11(12)14(18-19)15(16)20;1-2/h3-8H,1-2H3,(H2,16,20);1-2H3. The highest BCUT2D eigenvalue weighted by Gasteiger charge is 2.17. The summed E-state index contributed by atoms with van der Waals surface area (Å²) in [6.45, 7) is 5.97. The van der Waals surface area contributed by atoms with Gasteiger partial charge in [-0.1, -0.05) is 13.8 Å². The van der Waals surface area contributed by atoms with Crippen molar-refractivity contribution < 1.29 is 9.53 Å². The Bertz CT molecular complexity index is 840. The van der Waals surface area contributed by atoms with Crippen LogP contribution in [0.25, 0.3) is 16.7 Å². The van der Waals surface area contributed by atoms with E-state index in [1.807, 2.05) is 39.0 Å². The van der Waals surface area contributed by atoms with Gasteiger partial charge in [0, 0.05) is 11.6 Å². The maximum atomic E-state index is 11.6. The molecular weight excluding hydrogens is 292 g/mol. The molecule has 6 nitrogen and oxygen atoms in total. The fourth-order valence-electron chi connectivity index (χ4n) is 2.22. The smallest absolute Gasteiger partial charge is 0.269 e. The molecule has 0 saturated heterocycles. The molecule has 2 N–H and O–H groups in total. The molecule has 1 amide bonds. The molecule has 0 aliphatic carbocycles. The molecule has 0 radical (unpaired) electrons. The first-order valence-electron chi connectivity index (χ1n) is 7.40. The molecule has 2 aromatic heterocycles. The summed E-state index contributed by atoms with van der Waals surface area (Å²) < 4.78 is 6.80. The van der Waals surface area contributed by atoms with E-state index >= 15 is 0 Å². The number of primary amides is 1. The van der Waals surface area contributed by atoms with Crippen LogP contribution in [0.15, 0.2) is 36.5 Å². The number of hydrogen-bond acceptors (Lipinski definition) is 4. The number of carbonyl (C=O) groups excluding carboxylic acids is 1. The van der Waals surface area contributed by atoms with Crippen molar-refractivity contribution in [1.82, 2.24) is 14.8 Å². The number of benzene rings is 1. The van der Waals surface area contributed by atoms with Gasteiger partial charge in [-0.05, 0) is 42.8 Å². The highest BCUT2D eigenvalue weighted by atomic mass is 16.5. The molecular formula is C17H20N4O2. The Morgan fingerprint density at radius 2 is 1.96 bits per heavy atom. The van der Waals surface area contributed by atoms with Crippen LogP contribution in [-0.4, -0.2) is 27.8 Å². The minimum Gasteiger partial charge on any atom is -0.497 e. The molecule has 0 fully saturated rings. The van der Waals surface area contributed by atoms with E-state index in [1.165, 1.54) is 0 Å². The normalized spacial score (nSPS) is 10.1. The molecule has 2 heterocycles. The molecule has 0 unspecified atom stereocenters. The summed E-state index contributed by atoms with van der Waals surface area (Å²) in [4.78, 5) is 15.9. The summed E-state index contributed by atoms with van der Waals surface area (Å²) in [6.07, 6.45) is 1.70. The molecule has 120 valence electrons. The van der Waals surface area contributed by atoms with E-state index in [2.05, 4.69) is 10.1 Å². The third-order valence-corrected chi connectivity index (χ3v) is 3.24. The van der Waals surface area contributed by atoms with E-state index in [0.29, 0.717) is 17.0 Å². The molecule has 6 heteroatoms. The Hall–Kier alpha value is -2.89. The van der Waals surface area contributed by atoms with Gasteiger partial charge in [-0.25, -0.2) is 9.67 Å². The van der Waals surface area contributed by atoms with Gasteiger partial charge in [0.1, 0.15) is 5.75 Å².